The third-order valence-electron chi connectivity index (χ3n) is 3.55. The van der Waals surface area contributed by atoms with Gasteiger partial charge in [-0.2, -0.15) is 5.10 Å². The highest BCUT2D eigenvalue weighted by molar-refractivity contribution is 6.32. The monoisotopic (exact) mass is 337 g/mol. The van der Waals surface area contributed by atoms with Gasteiger partial charge < -0.3 is 0 Å². The van der Waals surface area contributed by atoms with Crippen LogP contribution in [-0.4, -0.2) is 17.1 Å². The molecule has 0 atom stereocenters. The van der Waals surface area contributed by atoms with Crippen LogP contribution < -0.4 is 5.43 Å². The Kier molecular flexibility index (Phi) is 4.87. The molecule has 1 amide bonds. The third kappa shape index (κ3) is 3.97. The number of benzene rings is 2. The number of nitrogens with zero attached hydrogens (tertiary/aromatic N) is 2. The Labute approximate surface area is 145 Å². The number of aryl methyl sites for hydroxylation is 1. The van der Waals surface area contributed by atoms with Crippen molar-refractivity contribution in [3.8, 4) is 0 Å². The van der Waals surface area contributed by atoms with Crippen LogP contribution in [0.2, 0.25) is 5.15 Å². The number of hydrogen-bond donors (Lipinski definition) is 1. The first-order chi connectivity index (χ1) is 11.6. The highest BCUT2D eigenvalue weighted by Crippen LogP contribution is 2.20. The second kappa shape index (κ2) is 7.23. The maximum Gasteiger partial charge on any atom is 0.244 e. The van der Waals surface area contributed by atoms with Crippen LogP contribution in [0.5, 0.6) is 0 Å². The van der Waals surface area contributed by atoms with Gasteiger partial charge in [0.1, 0.15) is 5.15 Å². The smallest absolute Gasteiger partial charge is 0.244 e. The topological polar surface area (TPSA) is 54.4 Å². The number of aromatic nitrogens is 1. The van der Waals surface area contributed by atoms with Gasteiger partial charge in [0.2, 0.25) is 5.91 Å². The van der Waals surface area contributed by atoms with E-state index in [1.807, 2.05) is 61.5 Å². The highest BCUT2D eigenvalue weighted by atomic mass is 35.5. The number of carbonyl (C=O) groups excluding carboxylic acids is 1. The molecule has 120 valence electrons. The van der Waals surface area contributed by atoms with E-state index < -0.39 is 0 Å². The molecular weight excluding hydrogens is 322 g/mol. The molecule has 0 saturated carbocycles. The maximum absolute atomic E-state index is 11.9. The van der Waals surface area contributed by atoms with Gasteiger partial charge in [-0.05, 0) is 30.7 Å². The Morgan fingerprint density at radius 3 is 2.79 bits per heavy atom. The predicted molar refractivity (Wildman–Crippen MR) is 97.4 cm³/mol. The van der Waals surface area contributed by atoms with E-state index in [0.29, 0.717) is 10.7 Å². The molecule has 0 aliphatic heterocycles. The molecule has 0 bridgehead atoms. The van der Waals surface area contributed by atoms with E-state index in [0.717, 1.165) is 22.0 Å². The summed E-state index contributed by atoms with van der Waals surface area (Å²) in [5, 5.41) is 5.32. The second-order valence-electron chi connectivity index (χ2n) is 5.52. The molecular formula is C19H16ClN3O. The van der Waals surface area contributed by atoms with Crippen LogP contribution in [0.25, 0.3) is 10.9 Å². The largest absolute Gasteiger partial charge is 0.273 e. The molecule has 0 fully saturated rings. The quantitative estimate of drug-likeness (QED) is 0.446. The van der Waals surface area contributed by atoms with Crippen molar-refractivity contribution in [3.05, 3.63) is 76.4 Å². The van der Waals surface area contributed by atoms with E-state index >= 15 is 0 Å². The molecule has 0 saturated heterocycles. The molecule has 0 unspecified atom stereocenters. The zero-order chi connectivity index (χ0) is 16.9. The summed E-state index contributed by atoms with van der Waals surface area (Å²) >= 11 is 6.17. The minimum atomic E-state index is -0.182. The van der Waals surface area contributed by atoms with Gasteiger partial charge in [-0.25, -0.2) is 10.4 Å². The number of pyridine rings is 1. The Hall–Kier alpha value is -2.72. The predicted octanol–water partition coefficient (Wildman–Crippen LogP) is 3.89. The molecule has 0 radical (unpaired) electrons. The summed E-state index contributed by atoms with van der Waals surface area (Å²) in [5.41, 5.74) is 6.08. The lowest BCUT2D eigenvalue weighted by atomic mass is 10.1. The average Bonchev–Trinajstić information content (AvgIpc) is 2.56. The van der Waals surface area contributed by atoms with Crippen molar-refractivity contribution in [1.82, 2.24) is 10.4 Å². The Bertz CT molecular complexity index is 907. The van der Waals surface area contributed by atoms with Crippen LogP contribution in [0, 0.1) is 6.92 Å². The molecule has 1 aromatic heterocycles. The van der Waals surface area contributed by atoms with Crippen LogP contribution in [0.3, 0.4) is 0 Å². The summed E-state index contributed by atoms with van der Waals surface area (Å²) in [4.78, 5) is 16.2. The van der Waals surface area contributed by atoms with E-state index in [9.17, 15) is 4.79 Å². The molecule has 1 heterocycles. The third-order valence-corrected chi connectivity index (χ3v) is 3.85. The fourth-order valence-corrected chi connectivity index (χ4v) is 2.57. The lowest BCUT2D eigenvalue weighted by Crippen LogP contribution is -2.19. The van der Waals surface area contributed by atoms with E-state index in [-0.39, 0.29) is 12.3 Å². The standard InChI is InChI=1S/C19H16ClN3O/c1-13-7-8-17-15(9-13)11-16(19(20)22-17)12-21-23-18(24)10-14-5-3-2-4-6-14/h2-9,11-12H,10H2,1H3,(H,23,24)/b21-12-. The molecule has 24 heavy (non-hydrogen) atoms. The zero-order valence-electron chi connectivity index (χ0n) is 13.2. The van der Waals surface area contributed by atoms with Gasteiger partial charge in [-0.3, -0.25) is 4.79 Å². The summed E-state index contributed by atoms with van der Waals surface area (Å²) in [6, 6.07) is 17.4. The van der Waals surface area contributed by atoms with Gasteiger partial charge in [-0.1, -0.05) is 53.6 Å². The van der Waals surface area contributed by atoms with Gasteiger partial charge in [0.15, 0.2) is 0 Å². The van der Waals surface area contributed by atoms with Crippen LogP contribution in [0.15, 0.2) is 59.7 Å². The number of carbonyl (C=O) groups is 1. The minimum absolute atomic E-state index is 0.182. The molecule has 2 aromatic carbocycles. The molecule has 0 aliphatic carbocycles. The normalized spacial score (nSPS) is 11.1. The number of rotatable bonds is 4. The number of fused-ring (bicyclic) bond motifs is 1. The first-order valence-electron chi connectivity index (χ1n) is 7.54. The number of hydrazone groups is 1. The Balaban J connectivity index is 1.71. The van der Waals surface area contributed by atoms with Crippen molar-refractivity contribution in [1.29, 1.82) is 0 Å². The van der Waals surface area contributed by atoms with Crippen molar-refractivity contribution < 1.29 is 4.79 Å². The van der Waals surface area contributed by atoms with E-state index in [1.54, 1.807) is 0 Å². The fraction of sp³-hybridized carbons (Fsp3) is 0.105. The summed E-state index contributed by atoms with van der Waals surface area (Å²) in [6.07, 6.45) is 1.79. The van der Waals surface area contributed by atoms with Crippen LogP contribution in [-0.2, 0) is 11.2 Å². The van der Waals surface area contributed by atoms with Crippen molar-refractivity contribution in [2.24, 2.45) is 5.10 Å². The molecule has 3 aromatic rings. The van der Waals surface area contributed by atoms with Gasteiger partial charge in [0, 0.05) is 10.9 Å². The van der Waals surface area contributed by atoms with Crippen molar-refractivity contribution in [2.45, 2.75) is 13.3 Å². The van der Waals surface area contributed by atoms with Crippen molar-refractivity contribution >= 4 is 34.6 Å². The molecule has 0 spiro atoms. The van der Waals surface area contributed by atoms with Gasteiger partial charge >= 0.3 is 0 Å². The number of halogens is 1. The van der Waals surface area contributed by atoms with Crippen LogP contribution in [0.1, 0.15) is 16.7 Å². The van der Waals surface area contributed by atoms with Crippen LogP contribution >= 0.6 is 11.6 Å². The number of hydrogen-bond acceptors (Lipinski definition) is 3. The first kappa shape index (κ1) is 16.1. The average molecular weight is 338 g/mol. The number of nitrogens with one attached hydrogen (secondary N) is 1. The maximum atomic E-state index is 11.9. The first-order valence-corrected chi connectivity index (χ1v) is 7.92. The molecule has 0 aliphatic rings. The highest BCUT2D eigenvalue weighted by Gasteiger charge is 2.04. The lowest BCUT2D eigenvalue weighted by molar-refractivity contribution is -0.120. The summed E-state index contributed by atoms with van der Waals surface area (Å²) in [6.45, 7) is 2.02. The van der Waals surface area contributed by atoms with Gasteiger partial charge in [-0.15, -0.1) is 0 Å². The fourth-order valence-electron chi connectivity index (χ4n) is 2.37. The van der Waals surface area contributed by atoms with Crippen LogP contribution in [0.4, 0.5) is 0 Å². The number of amides is 1. The Morgan fingerprint density at radius 1 is 1.21 bits per heavy atom. The lowest BCUT2D eigenvalue weighted by Gasteiger charge is -2.03. The molecule has 4 nitrogen and oxygen atoms in total. The van der Waals surface area contributed by atoms with Crippen molar-refractivity contribution in [2.75, 3.05) is 0 Å². The SMILES string of the molecule is Cc1ccc2nc(Cl)c(/C=N\NC(=O)Cc3ccccc3)cc2c1. The second-order valence-corrected chi connectivity index (χ2v) is 5.88. The van der Waals surface area contributed by atoms with Gasteiger partial charge in [0.05, 0.1) is 18.2 Å². The molecule has 1 N–H and O–H groups in total. The van der Waals surface area contributed by atoms with E-state index in [2.05, 4.69) is 15.5 Å². The van der Waals surface area contributed by atoms with E-state index in [1.165, 1.54) is 6.21 Å². The van der Waals surface area contributed by atoms with E-state index in [4.69, 9.17) is 11.6 Å². The molecule has 3 rings (SSSR count). The Morgan fingerprint density at radius 2 is 2.00 bits per heavy atom. The van der Waals surface area contributed by atoms with Crippen molar-refractivity contribution in [3.63, 3.8) is 0 Å². The zero-order valence-corrected chi connectivity index (χ0v) is 13.9. The minimum Gasteiger partial charge on any atom is -0.273 e. The van der Waals surface area contributed by atoms with Gasteiger partial charge in [0.25, 0.3) is 0 Å². The summed E-state index contributed by atoms with van der Waals surface area (Å²) in [7, 11) is 0. The molecule has 5 heteroatoms. The summed E-state index contributed by atoms with van der Waals surface area (Å²) < 4.78 is 0. The summed E-state index contributed by atoms with van der Waals surface area (Å²) in [5.74, 6) is -0.182.